The molecule has 9 heteroatoms. The molecule has 0 aliphatic carbocycles. The Hall–Kier alpha value is -2.15. The van der Waals surface area contributed by atoms with Crippen LogP contribution in [0.2, 0.25) is 0 Å². The van der Waals surface area contributed by atoms with Gasteiger partial charge in [0.1, 0.15) is 29.6 Å². The minimum Gasteiger partial charge on any atom is -0.363 e. The van der Waals surface area contributed by atoms with Crippen molar-refractivity contribution in [3.63, 3.8) is 0 Å². The van der Waals surface area contributed by atoms with Crippen LogP contribution < -0.4 is 4.90 Å². The van der Waals surface area contributed by atoms with E-state index in [1.807, 2.05) is 6.92 Å². The third-order valence-electron chi connectivity index (χ3n) is 7.04. The van der Waals surface area contributed by atoms with Gasteiger partial charge in [-0.2, -0.15) is 18.4 Å². The molecular weight excluding hydrogens is 377 g/mol. The number of hydrogen-bond acceptors (Lipinski definition) is 5. The number of carbonyl (C=O) groups excluding carboxylic acids is 1. The number of fused-ring (bicyclic) bond motifs is 4. The molecule has 1 aromatic rings. The number of halogens is 3. The molecule has 1 aromatic carbocycles. The first-order valence-corrected chi connectivity index (χ1v) is 9.14. The molecule has 1 spiro atoms. The molecule has 146 valence electrons. The number of rotatable bonds is 1. The molecule has 5 heterocycles. The first-order valence-electron chi connectivity index (χ1n) is 9.14. The van der Waals surface area contributed by atoms with E-state index in [0.29, 0.717) is 13.0 Å². The molecule has 28 heavy (non-hydrogen) atoms. The van der Waals surface area contributed by atoms with Crippen LogP contribution in [0.1, 0.15) is 24.5 Å². The quantitative estimate of drug-likeness (QED) is 0.685. The van der Waals surface area contributed by atoms with Crippen molar-refractivity contribution in [2.45, 2.75) is 49.2 Å². The van der Waals surface area contributed by atoms with Gasteiger partial charge >= 0.3 is 6.18 Å². The fraction of sp³-hybridized carbons (Fsp3) is 0.579. The summed E-state index contributed by atoms with van der Waals surface area (Å²) in [5, 5.41) is 9.02. The van der Waals surface area contributed by atoms with Gasteiger partial charge in [0.2, 0.25) is 5.91 Å². The van der Waals surface area contributed by atoms with Gasteiger partial charge in [0.15, 0.2) is 0 Å². The number of nitriles is 1. The number of benzene rings is 1. The average Bonchev–Trinajstić information content (AvgIpc) is 3.29. The van der Waals surface area contributed by atoms with Gasteiger partial charge in [-0.05, 0) is 25.1 Å². The number of epoxide rings is 1. The molecular formula is C19H15F3N2O4. The predicted molar refractivity (Wildman–Crippen MR) is 85.9 cm³/mol. The maximum Gasteiger partial charge on any atom is 0.417 e. The first-order chi connectivity index (χ1) is 13.2. The van der Waals surface area contributed by atoms with Gasteiger partial charge in [-0.25, -0.2) is 0 Å². The Labute approximate surface area is 157 Å². The lowest BCUT2D eigenvalue weighted by atomic mass is 9.66. The summed E-state index contributed by atoms with van der Waals surface area (Å²) in [5.74, 6) is -1.12. The second-order valence-electron chi connectivity index (χ2n) is 8.28. The van der Waals surface area contributed by atoms with Gasteiger partial charge in [0.05, 0.1) is 35.6 Å². The average molecular weight is 392 g/mol. The minimum atomic E-state index is -4.70. The summed E-state index contributed by atoms with van der Waals surface area (Å²) in [4.78, 5) is 14.7. The number of hydrogen-bond donors (Lipinski definition) is 0. The van der Waals surface area contributed by atoms with E-state index in [2.05, 4.69) is 0 Å². The van der Waals surface area contributed by atoms with Gasteiger partial charge in [0.25, 0.3) is 0 Å². The molecule has 2 unspecified atom stereocenters. The van der Waals surface area contributed by atoms with Gasteiger partial charge < -0.3 is 14.2 Å². The Kier molecular flexibility index (Phi) is 2.81. The van der Waals surface area contributed by atoms with Crippen molar-refractivity contribution < 1.29 is 32.2 Å². The molecule has 0 N–H and O–H groups in total. The van der Waals surface area contributed by atoms with Crippen LogP contribution in [0.25, 0.3) is 0 Å². The zero-order chi connectivity index (χ0) is 19.6. The van der Waals surface area contributed by atoms with Crippen molar-refractivity contribution in [3.8, 4) is 6.07 Å². The normalized spacial score (nSPS) is 45.0. The molecule has 0 aromatic heterocycles. The number of ether oxygens (including phenoxy) is 3. The fourth-order valence-corrected chi connectivity index (χ4v) is 5.99. The summed E-state index contributed by atoms with van der Waals surface area (Å²) in [6, 6.07) is 4.91. The maximum atomic E-state index is 13.4. The Morgan fingerprint density at radius 1 is 1.32 bits per heavy atom. The minimum absolute atomic E-state index is 0.0791. The number of amides is 1. The second-order valence-corrected chi connectivity index (χ2v) is 8.28. The summed E-state index contributed by atoms with van der Waals surface area (Å²) in [6.07, 6.45) is -5.03. The van der Waals surface area contributed by atoms with Crippen molar-refractivity contribution in [2.24, 2.45) is 11.8 Å². The van der Waals surface area contributed by atoms with Crippen molar-refractivity contribution in [1.29, 1.82) is 5.26 Å². The highest BCUT2D eigenvalue weighted by Crippen LogP contribution is 2.71. The summed E-state index contributed by atoms with van der Waals surface area (Å²) in [6.45, 7) is 2.19. The Balaban J connectivity index is 1.47. The van der Waals surface area contributed by atoms with Gasteiger partial charge in [-0.3, -0.25) is 9.69 Å². The summed E-state index contributed by atoms with van der Waals surface area (Å²) in [7, 11) is 0. The Morgan fingerprint density at radius 2 is 2.11 bits per heavy atom. The molecule has 5 aliphatic rings. The molecule has 0 saturated carbocycles. The topological polar surface area (TPSA) is 75.1 Å². The molecule has 5 aliphatic heterocycles. The zero-order valence-corrected chi connectivity index (χ0v) is 14.7. The lowest BCUT2D eigenvalue weighted by Gasteiger charge is -2.41. The van der Waals surface area contributed by atoms with E-state index in [-0.39, 0.29) is 29.7 Å². The van der Waals surface area contributed by atoms with Crippen molar-refractivity contribution in [1.82, 2.24) is 0 Å². The van der Waals surface area contributed by atoms with E-state index in [0.717, 1.165) is 12.1 Å². The highest BCUT2D eigenvalue weighted by Gasteiger charge is 2.87. The number of alkyl halides is 3. The molecule has 0 radical (unpaired) electrons. The van der Waals surface area contributed by atoms with Gasteiger partial charge in [0, 0.05) is 12.1 Å². The van der Waals surface area contributed by atoms with Crippen LogP contribution >= 0.6 is 0 Å². The number of nitrogens with zero attached hydrogens (tertiary/aromatic N) is 2. The van der Waals surface area contributed by atoms with Crippen LogP contribution in [-0.4, -0.2) is 42.2 Å². The summed E-state index contributed by atoms with van der Waals surface area (Å²) >= 11 is 0. The monoisotopic (exact) mass is 392 g/mol. The highest BCUT2D eigenvalue weighted by atomic mass is 19.4. The lowest BCUT2D eigenvalue weighted by Crippen LogP contribution is -2.54. The zero-order valence-electron chi connectivity index (χ0n) is 14.7. The van der Waals surface area contributed by atoms with Crippen molar-refractivity contribution in [3.05, 3.63) is 29.3 Å². The van der Waals surface area contributed by atoms with Gasteiger partial charge in [-0.15, -0.1) is 0 Å². The largest absolute Gasteiger partial charge is 0.417 e. The predicted octanol–water partition coefficient (Wildman–Crippen LogP) is 2.21. The van der Waals surface area contributed by atoms with E-state index in [9.17, 15) is 18.0 Å². The first kappa shape index (κ1) is 16.8. The Bertz CT molecular complexity index is 975. The summed E-state index contributed by atoms with van der Waals surface area (Å²) in [5.41, 5.74) is -2.84. The van der Waals surface area contributed by atoms with Crippen molar-refractivity contribution >= 4 is 11.6 Å². The van der Waals surface area contributed by atoms with Crippen LogP contribution in [0.15, 0.2) is 18.2 Å². The maximum absolute atomic E-state index is 13.4. The van der Waals surface area contributed by atoms with Crippen LogP contribution in [-0.2, 0) is 25.2 Å². The number of anilines is 1. The third kappa shape index (κ3) is 1.69. The molecule has 7 atom stereocenters. The third-order valence-corrected chi connectivity index (χ3v) is 7.04. The molecule has 5 saturated heterocycles. The highest BCUT2D eigenvalue weighted by molar-refractivity contribution is 6.00. The van der Waals surface area contributed by atoms with Crippen LogP contribution in [0, 0.1) is 23.2 Å². The molecule has 5 fully saturated rings. The lowest BCUT2D eigenvalue weighted by molar-refractivity contribution is -0.170. The van der Waals surface area contributed by atoms with E-state index in [1.165, 1.54) is 11.0 Å². The Morgan fingerprint density at radius 3 is 2.82 bits per heavy atom. The molecule has 6 nitrogen and oxygen atoms in total. The molecule has 6 rings (SSSR count). The van der Waals surface area contributed by atoms with Crippen LogP contribution in [0.4, 0.5) is 18.9 Å². The van der Waals surface area contributed by atoms with E-state index in [1.54, 1.807) is 6.07 Å². The summed E-state index contributed by atoms with van der Waals surface area (Å²) < 4.78 is 58.3. The molecule has 2 bridgehead atoms. The second kappa shape index (κ2) is 4.70. The van der Waals surface area contributed by atoms with E-state index in [4.69, 9.17) is 19.5 Å². The van der Waals surface area contributed by atoms with Crippen LogP contribution in [0.3, 0.4) is 0 Å². The molecule has 1 amide bonds. The van der Waals surface area contributed by atoms with E-state index >= 15 is 0 Å². The fourth-order valence-electron chi connectivity index (χ4n) is 5.99. The van der Waals surface area contributed by atoms with Crippen molar-refractivity contribution in [2.75, 3.05) is 11.5 Å². The van der Waals surface area contributed by atoms with E-state index < -0.39 is 40.7 Å². The van der Waals surface area contributed by atoms with Gasteiger partial charge in [-0.1, -0.05) is 0 Å². The van der Waals surface area contributed by atoms with Crippen LogP contribution in [0.5, 0.6) is 0 Å². The SMILES string of the molecule is C[C@@]12O[C@]3(CCO[C@@H]4[C@H]3[C@H]1C(=O)N4c1ccc(C#N)c(C(F)(F)F)c1)C1OC12. The number of carbonyl (C=O) groups is 1. The smallest absolute Gasteiger partial charge is 0.363 e. The standard InChI is InChI=1S/C19H15F3N2O4/c1-17-11-12-16(26-5-4-18(12,28-17)14-13(17)27-14)24(15(11)25)9-3-2-8(7-23)10(6-9)19(20,21)22/h2-3,6,11-14,16H,4-5H2,1H3/t11-,12+,13?,14?,16+,17+,18-/m0/s1.